The molecule has 4 N–H and O–H groups in total. The summed E-state index contributed by atoms with van der Waals surface area (Å²) in [7, 11) is 0. The third-order valence-corrected chi connectivity index (χ3v) is 4.85. The lowest BCUT2D eigenvalue weighted by Gasteiger charge is -2.29. The predicted molar refractivity (Wildman–Crippen MR) is 112 cm³/mol. The molecule has 0 saturated carbocycles. The van der Waals surface area contributed by atoms with Gasteiger partial charge in [-0.25, -0.2) is 4.99 Å². The molecule has 1 unspecified atom stereocenters. The summed E-state index contributed by atoms with van der Waals surface area (Å²) >= 11 is 0. The van der Waals surface area contributed by atoms with Crippen molar-refractivity contribution in [1.82, 2.24) is 15.6 Å². The summed E-state index contributed by atoms with van der Waals surface area (Å²) in [6.07, 6.45) is 14.3. The molecule has 1 aromatic rings. The molecule has 1 aliphatic heterocycles. The largest absolute Gasteiger partial charge is 0.383 e. The average molecular weight is 359 g/mol. The zero-order valence-corrected chi connectivity index (χ0v) is 15.8. The Morgan fingerprint density at radius 3 is 2.96 bits per heavy atom. The highest BCUT2D eigenvalue weighted by molar-refractivity contribution is 6.08. The number of fused-ring (bicyclic) bond motifs is 1. The maximum atomic E-state index is 6.13. The third kappa shape index (κ3) is 4.08. The van der Waals surface area contributed by atoms with E-state index >= 15 is 0 Å². The van der Waals surface area contributed by atoms with Gasteiger partial charge in [-0.15, -0.1) is 0 Å². The van der Waals surface area contributed by atoms with Crippen molar-refractivity contribution in [2.45, 2.75) is 20.3 Å². The van der Waals surface area contributed by atoms with Crippen LogP contribution in [0.25, 0.3) is 5.57 Å². The molecule has 5 heteroatoms. The van der Waals surface area contributed by atoms with E-state index in [1.807, 2.05) is 25.3 Å². The van der Waals surface area contributed by atoms with E-state index in [-0.39, 0.29) is 5.41 Å². The molecule has 3 rings (SSSR count). The molecular weight excluding hydrogens is 334 g/mol. The van der Waals surface area contributed by atoms with Crippen LogP contribution in [0.1, 0.15) is 25.8 Å². The van der Waals surface area contributed by atoms with E-state index in [4.69, 9.17) is 5.73 Å². The number of pyridine rings is 1. The van der Waals surface area contributed by atoms with Crippen LogP contribution < -0.4 is 16.4 Å². The summed E-state index contributed by atoms with van der Waals surface area (Å²) < 4.78 is 0. The summed E-state index contributed by atoms with van der Waals surface area (Å²) in [6, 6.07) is 3.79. The van der Waals surface area contributed by atoms with E-state index in [0.29, 0.717) is 5.82 Å². The second-order valence-corrected chi connectivity index (χ2v) is 6.98. The first-order valence-corrected chi connectivity index (χ1v) is 8.81. The van der Waals surface area contributed by atoms with Gasteiger partial charge in [0.2, 0.25) is 0 Å². The quantitative estimate of drug-likeness (QED) is 0.534. The number of nitrogens with zero attached hydrogens (tertiary/aromatic N) is 2. The molecule has 1 aromatic heterocycles. The number of allylic oxidation sites excluding steroid dienone is 6. The van der Waals surface area contributed by atoms with E-state index in [1.54, 1.807) is 18.6 Å². The maximum Gasteiger partial charge on any atom is 0.128 e. The van der Waals surface area contributed by atoms with Crippen LogP contribution in [0.15, 0.2) is 95.6 Å². The van der Waals surface area contributed by atoms with Gasteiger partial charge in [-0.2, -0.15) is 0 Å². The minimum atomic E-state index is 0.000139. The highest BCUT2D eigenvalue weighted by Crippen LogP contribution is 2.39. The molecule has 138 valence electrons. The molecule has 1 atom stereocenters. The molecule has 0 bridgehead atoms. The Hall–Kier alpha value is -3.34. The van der Waals surface area contributed by atoms with Gasteiger partial charge in [0, 0.05) is 58.7 Å². The van der Waals surface area contributed by atoms with Crippen molar-refractivity contribution in [3.8, 4) is 0 Å². The predicted octanol–water partition coefficient (Wildman–Crippen LogP) is 3.75. The van der Waals surface area contributed by atoms with E-state index in [2.05, 4.69) is 58.9 Å². The number of nitrogens with two attached hydrogens (primary N) is 1. The Balaban J connectivity index is 1.66. The Labute approximate surface area is 160 Å². The Morgan fingerprint density at radius 2 is 2.22 bits per heavy atom. The molecule has 2 heterocycles. The van der Waals surface area contributed by atoms with Crippen molar-refractivity contribution in [2.75, 3.05) is 0 Å². The van der Waals surface area contributed by atoms with Crippen LogP contribution in [0.3, 0.4) is 0 Å². The number of hydrogen-bond acceptors (Lipinski definition) is 5. The first kappa shape index (κ1) is 18.5. The van der Waals surface area contributed by atoms with E-state index in [0.717, 1.165) is 34.5 Å². The highest BCUT2D eigenvalue weighted by atomic mass is 15.0. The Bertz CT molecular complexity index is 915. The first-order chi connectivity index (χ1) is 12.9. The zero-order chi connectivity index (χ0) is 19.4. The molecule has 0 aromatic carbocycles. The molecule has 0 amide bonds. The molecule has 2 aliphatic rings. The van der Waals surface area contributed by atoms with E-state index in [9.17, 15) is 0 Å². The number of aliphatic imine (C=N–C) groups is 1. The van der Waals surface area contributed by atoms with E-state index < -0.39 is 0 Å². The van der Waals surface area contributed by atoms with Crippen LogP contribution in [-0.4, -0.2) is 11.2 Å². The van der Waals surface area contributed by atoms with Crippen molar-refractivity contribution in [1.29, 1.82) is 0 Å². The van der Waals surface area contributed by atoms with Crippen LogP contribution in [0.2, 0.25) is 0 Å². The fraction of sp³-hybridized carbons (Fsp3) is 0.182. The topological polar surface area (TPSA) is 75.3 Å². The van der Waals surface area contributed by atoms with Gasteiger partial charge < -0.3 is 16.4 Å². The molecule has 0 spiro atoms. The van der Waals surface area contributed by atoms with E-state index in [1.165, 1.54) is 5.70 Å². The number of rotatable bonds is 6. The van der Waals surface area contributed by atoms with Crippen molar-refractivity contribution >= 4 is 11.8 Å². The van der Waals surface area contributed by atoms with Gasteiger partial charge in [-0.05, 0) is 36.9 Å². The SMILES string of the molecule is C=C(NC1=CC=C2NC=CC2(C)C1)/C(C)=C(\N)N=CC(=C)c1cccnc1. The molecule has 0 radical (unpaired) electrons. The standard InChI is InChI=1S/C22H25N5/c1-15(18-6-5-10-24-14-18)13-26-21(23)16(2)17(3)27-19-7-8-20-22(4,12-19)9-11-25-20/h5-11,13-14,25,27H,1,3,12,23H2,2,4H3/b21-16+,26-13?. The summed E-state index contributed by atoms with van der Waals surface area (Å²) in [5, 5.41) is 6.65. The van der Waals surface area contributed by atoms with Crippen molar-refractivity contribution < 1.29 is 0 Å². The zero-order valence-electron chi connectivity index (χ0n) is 15.8. The fourth-order valence-corrected chi connectivity index (χ4v) is 3.00. The van der Waals surface area contributed by atoms with Crippen molar-refractivity contribution in [3.05, 3.63) is 96.2 Å². The van der Waals surface area contributed by atoms with Crippen LogP contribution in [0, 0.1) is 5.41 Å². The minimum Gasteiger partial charge on any atom is -0.383 e. The molecular formula is C22H25N5. The lowest BCUT2D eigenvalue weighted by atomic mass is 9.80. The van der Waals surface area contributed by atoms with Crippen LogP contribution in [-0.2, 0) is 0 Å². The van der Waals surface area contributed by atoms with Crippen molar-refractivity contribution in [3.63, 3.8) is 0 Å². The Kier molecular flexibility index (Phi) is 5.12. The van der Waals surface area contributed by atoms with Crippen LogP contribution in [0.4, 0.5) is 0 Å². The number of nitrogens with one attached hydrogen (secondary N) is 2. The molecule has 0 saturated heterocycles. The smallest absolute Gasteiger partial charge is 0.128 e. The third-order valence-electron chi connectivity index (χ3n) is 4.85. The summed E-state index contributed by atoms with van der Waals surface area (Å²) in [5.74, 6) is 0.402. The second kappa shape index (κ2) is 7.50. The van der Waals surface area contributed by atoms with Crippen molar-refractivity contribution in [2.24, 2.45) is 16.1 Å². The fourth-order valence-electron chi connectivity index (χ4n) is 3.00. The van der Waals surface area contributed by atoms with Gasteiger partial charge in [-0.3, -0.25) is 4.98 Å². The first-order valence-electron chi connectivity index (χ1n) is 8.81. The van der Waals surface area contributed by atoms with Gasteiger partial charge in [0.1, 0.15) is 5.82 Å². The molecule has 5 nitrogen and oxygen atoms in total. The van der Waals surface area contributed by atoms with Gasteiger partial charge in [0.05, 0.1) is 0 Å². The lowest BCUT2D eigenvalue weighted by molar-refractivity contribution is 0.489. The molecule has 1 aliphatic carbocycles. The number of hydrogen-bond donors (Lipinski definition) is 3. The van der Waals surface area contributed by atoms with Gasteiger partial charge in [0.25, 0.3) is 0 Å². The maximum absolute atomic E-state index is 6.13. The second-order valence-electron chi connectivity index (χ2n) is 6.98. The van der Waals surface area contributed by atoms with Crippen LogP contribution in [0.5, 0.6) is 0 Å². The molecule has 0 fully saturated rings. The highest BCUT2D eigenvalue weighted by Gasteiger charge is 2.32. The molecule has 27 heavy (non-hydrogen) atoms. The van der Waals surface area contributed by atoms with Crippen LogP contribution >= 0.6 is 0 Å². The summed E-state index contributed by atoms with van der Waals surface area (Å²) in [6.45, 7) is 12.2. The number of aromatic nitrogens is 1. The van der Waals surface area contributed by atoms with Gasteiger partial charge >= 0.3 is 0 Å². The normalized spacial score (nSPS) is 21.7. The van der Waals surface area contributed by atoms with Gasteiger partial charge in [0.15, 0.2) is 0 Å². The summed E-state index contributed by atoms with van der Waals surface area (Å²) in [5.41, 5.74) is 11.6. The minimum absolute atomic E-state index is 0.000139. The van der Waals surface area contributed by atoms with Gasteiger partial charge in [-0.1, -0.05) is 32.2 Å². The Morgan fingerprint density at radius 1 is 1.41 bits per heavy atom. The average Bonchev–Trinajstić information content (AvgIpc) is 3.06. The summed E-state index contributed by atoms with van der Waals surface area (Å²) in [4.78, 5) is 8.41. The monoisotopic (exact) mass is 359 g/mol. The lowest BCUT2D eigenvalue weighted by Crippen LogP contribution is -2.26.